The number of nitrogens with zero attached hydrogens (tertiary/aromatic N) is 2. The first-order valence-corrected chi connectivity index (χ1v) is 5.91. The lowest BCUT2D eigenvalue weighted by atomic mass is 10.3. The third-order valence-corrected chi connectivity index (χ3v) is 2.84. The quantitative estimate of drug-likeness (QED) is 0.646. The van der Waals surface area contributed by atoms with E-state index >= 15 is 0 Å². The van der Waals surface area contributed by atoms with Crippen LogP contribution >= 0.6 is 11.6 Å². The van der Waals surface area contributed by atoms with Gasteiger partial charge in [-0.15, -0.1) is 0 Å². The van der Waals surface area contributed by atoms with Gasteiger partial charge in [-0.1, -0.05) is 26.7 Å². The van der Waals surface area contributed by atoms with Gasteiger partial charge in [0.15, 0.2) is 0 Å². The number of hydrogen-bond acceptors (Lipinski definition) is 0. The minimum atomic E-state index is 0.868. The molecule has 80 valence electrons. The highest BCUT2D eigenvalue weighted by molar-refractivity contribution is 6.27. The summed E-state index contributed by atoms with van der Waals surface area (Å²) >= 11 is 6.22. The fourth-order valence-corrected chi connectivity index (χ4v) is 1.72. The molecule has 0 aliphatic rings. The molecule has 2 nitrogen and oxygen atoms in total. The van der Waals surface area contributed by atoms with Gasteiger partial charge in [-0.25, -0.2) is 9.13 Å². The van der Waals surface area contributed by atoms with Crippen molar-refractivity contribution in [1.29, 1.82) is 0 Å². The van der Waals surface area contributed by atoms with Crippen molar-refractivity contribution >= 4 is 11.6 Å². The Balaban J connectivity index is 2.55. The van der Waals surface area contributed by atoms with Gasteiger partial charge in [-0.3, -0.25) is 0 Å². The van der Waals surface area contributed by atoms with E-state index in [9.17, 15) is 0 Å². The molecule has 1 aromatic rings. The Kier molecular flexibility index (Phi) is 5.02. The van der Waals surface area contributed by atoms with E-state index in [0.29, 0.717) is 0 Å². The zero-order valence-electron chi connectivity index (χ0n) is 9.17. The smallest absolute Gasteiger partial charge is 0.220 e. The average molecular weight is 216 g/mol. The molecular weight excluding hydrogens is 196 g/mol. The summed E-state index contributed by atoms with van der Waals surface area (Å²) in [4.78, 5) is 0. The first kappa shape index (κ1) is 11.6. The van der Waals surface area contributed by atoms with E-state index in [4.69, 9.17) is 11.6 Å². The Bertz CT molecular complexity index is 243. The first-order chi connectivity index (χ1) is 6.79. The van der Waals surface area contributed by atoms with Crippen molar-refractivity contribution in [2.45, 2.75) is 52.6 Å². The molecule has 1 rings (SSSR count). The van der Waals surface area contributed by atoms with Crippen LogP contribution < -0.4 is 4.57 Å². The Labute approximate surface area is 91.5 Å². The Morgan fingerprint density at radius 3 is 2.64 bits per heavy atom. The summed E-state index contributed by atoms with van der Waals surface area (Å²) in [5.41, 5.74) is 0. The van der Waals surface area contributed by atoms with Crippen LogP contribution in [0.1, 0.15) is 39.5 Å². The minimum absolute atomic E-state index is 0.868. The van der Waals surface area contributed by atoms with Crippen molar-refractivity contribution in [2.24, 2.45) is 0 Å². The lowest BCUT2D eigenvalue weighted by Crippen LogP contribution is -2.33. The van der Waals surface area contributed by atoms with Crippen molar-refractivity contribution in [2.75, 3.05) is 0 Å². The number of imidazole rings is 1. The van der Waals surface area contributed by atoms with Gasteiger partial charge in [0.25, 0.3) is 0 Å². The summed E-state index contributed by atoms with van der Waals surface area (Å²) in [5, 5.41) is 0.868. The normalized spacial score (nSPS) is 10.8. The molecule has 0 N–H and O–H groups in total. The zero-order valence-corrected chi connectivity index (χ0v) is 9.93. The van der Waals surface area contributed by atoms with E-state index < -0.39 is 0 Å². The third-order valence-electron chi connectivity index (χ3n) is 2.41. The van der Waals surface area contributed by atoms with Crippen LogP contribution in [0, 0.1) is 0 Å². The van der Waals surface area contributed by atoms with E-state index in [1.807, 2.05) is 0 Å². The summed E-state index contributed by atoms with van der Waals surface area (Å²) in [6, 6.07) is 0. The summed E-state index contributed by atoms with van der Waals surface area (Å²) < 4.78 is 4.25. The molecule has 0 saturated heterocycles. The van der Waals surface area contributed by atoms with Crippen LogP contribution in [-0.4, -0.2) is 4.57 Å². The highest BCUT2D eigenvalue weighted by atomic mass is 35.5. The van der Waals surface area contributed by atoms with Crippen LogP contribution in [0.2, 0.25) is 5.28 Å². The summed E-state index contributed by atoms with van der Waals surface area (Å²) in [6.07, 6.45) is 8.97. The standard InChI is InChI=1S/C11H20ClN2/c1-3-5-7-13-9-10-14(11(13)12)8-6-4-2/h9-10H,3-8H2,1-2H3/q+1. The molecule has 1 heterocycles. The second-order valence-electron chi connectivity index (χ2n) is 3.66. The molecule has 0 fully saturated rings. The van der Waals surface area contributed by atoms with Crippen molar-refractivity contribution in [3.63, 3.8) is 0 Å². The number of hydrogen-bond donors (Lipinski definition) is 0. The fraction of sp³-hybridized carbons (Fsp3) is 0.727. The molecule has 0 aliphatic carbocycles. The van der Waals surface area contributed by atoms with Crippen LogP contribution in [0.25, 0.3) is 0 Å². The maximum absolute atomic E-state index is 6.22. The van der Waals surface area contributed by atoms with Crippen LogP contribution in [0.3, 0.4) is 0 Å². The van der Waals surface area contributed by atoms with E-state index in [0.717, 1.165) is 18.4 Å². The van der Waals surface area contributed by atoms with Crippen molar-refractivity contribution in [3.05, 3.63) is 17.7 Å². The maximum atomic E-state index is 6.22. The van der Waals surface area contributed by atoms with Crippen LogP contribution in [0.5, 0.6) is 0 Å². The van der Waals surface area contributed by atoms with E-state index in [2.05, 4.69) is 35.4 Å². The molecule has 0 atom stereocenters. The number of rotatable bonds is 6. The Morgan fingerprint density at radius 1 is 1.29 bits per heavy atom. The predicted octanol–water partition coefficient (Wildman–Crippen LogP) is 3.03. The zero-order chi connectivity index (χ0) is 10.4. The van der Waals surface area contributed by atoms with Gasteiger partial charge in [0, 0.05) is 11.6 Å². The van der Waals surface area contributed by atoms with Gasteiger partial charge >= 0.3 is 5.28 Å². The van der Waals surface area contributed by atoms with E-state index in [-0.39, 0.29) is 0 Å². The van der Waals surface area contributed by atoms with Gasteiger partial charge in [0.2, 0.25) is 0 Å². The van der Waals surface area contributed by atoms with Gasteiger partial charge in [0.05, 0.1) is 13.1 Å². The van der Waals surface area contributed by atoms with Gasteiger partial charge in [-0.05, 0) is 12.8 Å². The Morgan fingerprint density at radius 2 is 2.00 bits per heavy atom. The topological polar surface area (TPSA) is 8.81 Å². The molecule has 0 aromatic carbocycles. The highest BCUT2D eigenvalue weighted by Gasteiger charge is 2.12. The van der Waals surface area contributed by atoms with Crippen molar-refractivity contribution in [1.82, 2.24) is 4.57 Å². The minimum Gasteiger partial charge on any atom is -0.220 e. The summed E-state index contributed by atoms with van der Waals surface area (Å²) in [6.45, 7) is 6.47. The van der Waals surface area contributed by atoms with Crippen molar-refractivity contribution < 1.29 is 4.57 Å². The highest BCUT2D eigenvalue weighted by Crippen LogP contribution is 2.05. The van der Waals surface area contributed by atoms with Crippen LogP contribution in [0.15, 0.2) is 12.4 Å². The molecule has 0 amide bonds. The summed E-state index contributed by atoms with van der Waals surface area (Å²) in [5.74, 6) is 0. The third kappa shape index (κ3) is 3.02. The SMILES string of the molecule is CCCCn1cc[n+](CCCC)c1Cl. The summed E-state index contributed by atoms with van der Waals surface area (Å²) in [7, 11) is 0. The fourth-order valence-electron chi connectivity index (χ4n) is 1.44. The van der Waals surface area contributed by atoms with Gasteiger partial charge in [-0.2, -0.15) is 0 Å². The van der Waals surface area contributed by atoms with Crippen molar-refractivity contribution in [3.8, 4) is 0 Å². The molecular formula is C11H20ClN2+. The number of aromatic nitrogens is 2. The first-order valence-electron chi connectivity index (χ1n) is 5.53. The predicted molar refractivity (Wildman–Crippen MR) is 59.5 cm³/mol. The molecule has 0 radical (unpaired) electrons. The second-order valence-corrected chi connectivity index (χ2v) is 4.00. The van der Waals surface area contributed by atoms with Gasteiger partial charge < -0.3 is 0 Å². The average Bonchev–Trinajstić information content (AvgIpc) is 2.54. The lowest BCUT2D eigenvalue weighted by Gasteiger charge is -1.97. The molecule has 14 heavy (non-hydrogen) atoms. The largest absolute Gasteiger partial charge is 0.354 e. The number of unbranched alkanes of at least 4 members (excludes halogenated alkanes) is 2. The van der Waals surface area contributed by atoms with Gasteiger partial charge in [0.1, 0.15) is 12.4 Å². The second kappa shape index (κ2) is 6.07. The molecule has 0 bridgehead atoms. The molecule has 0 unspecified atom stereocenters. The van der Waals surface area contributed by atoms with Crippen LogP contribution in [-0.2, 0) is 13.1 Å². The van der Waals surface area contributed by atoms with Crippen LogP contribution in [0.4, 0.5) is 0 Å². The van der Waals surface area contributed by atoms with E-state index in [1.165, 1.54) is 25.7 Å². The number of aryl methyl sites for hydroxylation is 2. The number of halogens is 1. The molecule has 0 spiro atoms. The lowest BCUT2D eigenvalue weighted by molar-refractivity contribution is -0.694. The maximum Gasteiger partial charge on any atom is 0.354 e. The molecule has 1 aromatic heterocycles. The van der Waals surface area contributed by atoms with E-state index in [1.54, 1.807) is 0 Å². The molecule has 3 heteroatoms. The monoisotopic (exact) mass is 215 g/mol. The molecule has 0 saturated carbocycles. The molecule has 0 aliphatic heterocycles. The Hall–Kier alpha value is -0.500.